The minimum absolute atomic E-state index is 0.0450. The molecular formula is C24H22Br2N3O2S3+. The number of aromatic nitrogens is 2. The van der Waals surface area contributed by atoms with E-state index >= 15 is 0 Å². The first-order valence-electron chi connectivity index (χ1n) is 11.3. The van der Waals surface area contributed by atoms with Crippen LogP contribution in [-0.4, -0.2) is 19.3 Å². The Hall–Kier alpha value is -1.33. The van der Waals surface area contributed by atoms with Gasteiger partial charge in [0.25, 0.3) is 11.4 Å². The van der Waals surface area contributed by atoms with Crippen LogP contribution in [0.3, 0.4) is 0 Å². The van der Waals surface area contributed by atoms with Crippen LogP contribution in [0.15, 0.2) is 43.1 Å². The summed E-state index contributed by atoms with van der Waals surface area (Å²) in [6, 6.07) is 7.79. The zero-order chi connectivity index (χ0) is 24.0. The van der Waals surface area contributed by atoms with Crippen LogP contribution in [0.25, 0.3) is 11.3 Å². The van der Waals surface area contributed by atoms with Gasteiger partial charge in [0.2, 0.25) is 0 Å². The van der Waals surface area contributed by atoms with E-state index in [0.717, 1.165) is 59.5 Å². The molecule has 1 aliphatic heterocycles. The van der Waals surface area contributed by atoms with Crippen LogP contribution in [0.5, 0.6) is 0 Å². The summed E-state index contributed by atoms with van der Waals surface area (Å²) in [6.07, 6.45) is 4.84. The summed E-state index contributed by atoms with van der Waals surface area (Å²) >= 11 is 11.2. The molecule has 2 atom stereocenters. The molecule has 0 spiro atoms. The largest absolute Gasteiger partial charge is 0.293 e. The molecule has 0 saturated carbocycles. The number of hydrogen-bond acceptors (Lipinski definition) is 7. The lowest BCUT2D eigenvalue weighted by atomic mass is 9.79. The Bertz CT molecular complexity index is 1350. The number of rotatable bonds is 8. The number of hydrogen-bond donors (Lipinski definition) is 0. The molecule has 2 unspecified atom stereocenters. The lowest BCUT2D eigenvalue weighted by molar-refractivity contribution is -0.398. The monoisotopic (exact) mass is 638 g/mol. The smallest absolute Gasteiger partial charge is 0.290 e. The molecule has 0 N–H and O–H groups in total. The molecule has 0 fully saturated rings. The van der Waals surface area contributed by atoms with Gasteiger partial charge < -0.3 is 0 Å². The number of carbonyl (C=O) groups excluding carboxylic acids is 1. The molecule has 3 aromatic rings. The Kier molecular flexibility index (Phi) is 7.14. The molecule has 10 heteroatoms. The van der Waals surface area contributed by atoms with Crippen LogP contribution in [-0.2, 0) is 4.79 Å². The molecule has 0 saturated heterocycles. The van der Waals surface area contributed by atoms with E-state index in [1.807, 2.05) is 24.3 Å². The van der Waals surface area contributed by atoms with Crippen LogP contribution < -0.4 is 0 Å². The summed E-state index contributed by atoms with van der Waals surface area (Å²) in [7, 11) is 0. The highest BCUT2D eigenvalue weighted by Gasteiger charge is 2.53. The zero-order valence-electron chi connectivity index (χ0n) is 18.6. The summed E-state index contributed by atoms with van der Waals surface area (Å²) in [5.41, 5.74) is 3.64. The van der Waals surface area contributed by atoms with Gasteiger partial charge in [-0.1, -0.05) is 33.1 Å². The second-order valence-corrected chi connectivity index (χ2v) is 14.0. The first-order valence-corrected chi connectivity index (χ1v) is 15.2. The Labute approximate surface area is 227 Å². The van der Waals surface area contributed by atoms with E-state index in [9.17, 15) is 9.70 Å². The molecule has 176 valence electrons. The summed E-state index contributed by atoms with van der Waals surface area (Å²) in [5, 5.41) is 0. The number of thiophene rings is 2. The molecule has 0 radical (unpaired) electrons. The van der Waals surface area contributed by atoms with Crippen LogP contribution in [0.1, 0.15) is 73.0 Å². The van der Waals surface area contributed by atoms with Gasteiger partial charge in [0, 0.05) is 16.2 Å². The predicted molar refractivity (Wildman–Crippen MR) is 146 cm³/mol. The SMILES string of the molecule is CCCCC(CC)CC1=C2C(=O)C(c3ccc(Br)s3)c3nsnc3C2=C(c2ccc(Br)s2)[N+]1=O. The summed E-state index contributed by atoms with van der Waals surface area (Å²) in [5.74, 6) is -0.222. The van der Waals surface area contributed by atoms with Gasteiger partial charge in [-0.15, -0.1) is 22.7 Å². The van der Waals surface area contributed by atoms with Crippen LogP contribution in [0, 0.1) is 10.8 Å². The summed E-state index contributed by atoms with van der Waals surface area (Å²) < 4.78 is 12.1. The Morgan fingerprint density at radius 1 is 1.06 bits per heavy atom. The molecule has 5 rings (SSSR count). The van der Waals surface area contributed by atoms with Gasteiger partial charge in [-0.05, 0) is 68.5 Å². The number of nitrogens with zero attached hydrogens (tertiary/aromatic N) is 3. The van der Waals surface area contributed by atoms with Crippen molar-refractivity contribution in [2.24, 2.45) is 5.92 Å². The van der Waals surface area contributed by atoms with Gasteiger partial charge in [0.05, 0.1) is 35.3 Å². The molecule has 3 aromatic heterocycles. The van der Waals surface area contributed by atoms with Crippen LogP contribution in [0.2, 0.25) is 0 Å². The number of unbranched alkanes of at least 4 members (excludes halogenated alkanes) is 1. The van der Waals surface area contributed by atoms with Crippen molar-refractivity contribution in [3.8, 4) is 0 Å². The second kappa shape index (κ2) is 9.97. The van der Waals surface area contributed by atoms with Gasteiger partial charge >= 0.3 is 0 Å². The van der Waals surface area contributed by atoms with Crippen molar-refractivity contribution in [2.45, 2.75) is 51.9 Å². The van der Waals surface area contributed by atoms with E-state index in [0.29, 0.717) is 46.3 Å². The standard InChI is InChI=1S/C24H22Br2N3O2S3/c1-3-5-6-12(4-2)11-13-18-20(23(29(13)31)15-8-10-17(26)33-15)22-21(27-34-28-22)19(24(18)30)14-7-9-16(25)32-14/h7-10,12,19H,3-6,11H2,1-2H3/q+1. The van der Waals surface area contributed by atoms with E-state index in [4.69, 9.17) is 0 Å². The van der Waals surface area contributed by atoms with Crippen molar-refractivity contribution in [1.29, 1.82) is 0 Å². The Morgan fingerprint density at radius 2 is 1.82 bits per heavy atom. The van der Waals surface area contributed by atoms with Gasteiger partial charge in [-0.25, -0.2) is 0 Å². The number of ketones is 1. The second-order valence-electron chi connectivity index (χ2n) is 8.50. The first kappa shape index (κ1) is 24.4. The fraction of sp³-hybridized carbons (Fsp3) is 0.375. The molecule has 0 amide bonds. The number of Topliss-reactive ketones (excluding diaryl/α,β-unsaturated/α-hetero) is 1. The Morgan fingerprint density at radius 3 is 2.47 bits per heavy atom. The fourth-order valence-corrected chi connectivity index (χ4v) is 8.27. The number of halogens is 2. The molecule has 5 nitrogen and oxygen atoms in total. The van der Waals surface area contributed by atoms with Gasteiger partial charge in [0.15, 0.2) is 5.78 Å². The highest BCUT2D eigenvalue weighted by molar-refractivity contribution is 9.11. The van der Waals surface area contributed by atoms with Crippen LogP contribution >= 0.6 is 66.3 Å². The predicted octanol–water partition coefficient (Wildman–Crippen LogP) is 8.42. The van der Waals surface area contributed by atoms with Crippen LogP contribution in [0.4, 0.5) is 0 Å². The Balaban J connectivity index is 1.71. The van der Waals surface area contributed by atoms with Crippen molar-refractivity contribution in [3.63, 3.8) is 0 Å². The zero-order valence-corrected chi connectivity index (χ0v) is 24.3. The van der Waals surface area contributed by atoms with Crippen molar-refractivity contribution in [2.75, 3.05) is 0 Å². The van der Waals surface area contributed by atoms with Gasteiger partial charge in [-0.2, -0.15) is 8.75 Å². The fourth-order valence-electron chi connectivity index (χ4n) is 4.74. The van der Waals surface area contributed by atoms with E-state index < -0.39 is 5.92 Å². The number of fused-ring (bicyclic) bond motifs is 3. The lowest BCUT2D eigenvalue weighted by Crippen LogP contribution is -2.23. The van der Waals surface area contributed by atoms with E-state index in [2.05, 4.69) is 54.5 Å². The molecular weight excluding hydrogens is 618 g/mol. The van der Waals surface area contributed by atoms with Crippen molar-refractivity contribution >= 4 is 83.3 Å². The number of allylic oxidation sites excluding steroid dienone is 3. The maximum Gasteiger partial charge on any atom is 0.290 e. The maximum atomic E-state index is 14.2. The highest BCUT2D eigenvalue weighted by atomic mass is 79.9. The number of nitroso groups, excluding NO2 is 1. The molecule has 34 heavy (non-hydrogen) atoms. The molecule has 4 heterocycles. The minimum Gasteiger partial charge on any atom is -0.293 e. The molecule has 2 aliphatic rings. The van der Waals surface area contributed by atoms with E-state index in [1.165, 1.54) is 22.7 Å². The summed E-state index contributed by atoms with van der Waals surface area (Å²) in [6.45, 7) is 4.35. The average molecular weight is 640 g/mol. The lowest BCUT2D eigenvalue weighted by Gasteiger charge is -2.20. The third kappa shape index (κ3) is 4.15. The first-order chi connectivity index (χ1) is 16.4. The molecule has 0 aromatic carbocycles. The highest BCUT2D eigenvalue weighted by Crippen LogP contribution is 2.53. The maximum absolute atomic E-state index is 14.2. The third-order valence-corrected chi connectivity index (χ3v) is 10.3. The van der Waals surface area contributed by atoms with E-state index in [1.54, 1.807) is 0 Å². The summed E-state index contributed by atoms with van der Waals surface area (Å²) in [4.78, 5) is 29.8. The van der Waals surface area contributed by atoms with Gasteiger partial charge in [-0.3, -0.25) is 4.79 Å². The number of carbonyl (C=O) groups is 1. The third-order valence-electron chi connectivity index (χ3n) is 6.47. The quantitative estimate of drug-likeness (QED) is 0.232. The normalized spacial score (nSPS) is 18.6. The topological polar surface area (TPSA) is 62.9 Å². The minimum atomic E-state index is -0.530. The average Bonchev–Trinajstić information content (AvgIpc) is 3.59. The van der Waals surface area contributed by atoms with Gasteiger partial charge in [0.1, 0.15) is 22.1 Å². The molecule has 0 bridgehead atoms. The molecule has 1 aliphatic carbocycles. The van der Waals surface area contributed by atoms with E-state index in [-0.39, 0.29) is 5.78 Å². The van der Waals surface area contributed by atoms with Crippen molar-refractivity contribution in [1.82, 2.24) is 8.75 Å². The van der Waals surface area contributed by atoms with Crippen molar-refractivity contribution < 1.29 is 9.55 Å². The van der Waals surface area contributed by atoms with Crippen molar-refractivity contribution in [3.05, 3.63) is 69.2 Å².